The van der Waals surface area contributed by atoms with Gasteiger partial charge in [0.2, 0.25) is 10.0 Å². The first-order valence-electron chi connectivity index (χ1n) is 4.73. The Morgan fingerprint density at radius 1 is 1.43 bits per heavy atom. The van der Waals surface area contributed by atoms with Crippen molar-refractivity contribution in [2.75, 3.05) is 0 Å². The molecule has 0 aliphatic carbocycles. The molecule has 14 heavy (non-hydrogen) atoms. The monoisotopic (exact) mass is 218 g/mol. The van der Waals surface area contributed by atoms with E-state index in [1.165, 1.54) is 6.92 Å². The highest BCUT2D eigenvalue weighted by molar-refractivity contribution is 7.90. The molecular formula is C9H18N2O2S. The van der Waals surface area contributed by atoms with Crippen molar-refractivity contribution in [3.8, 4) is 6.07 Å². The standard InChI is InChI=1S/C9H18N2O2S/c1-5-9(4,6-2)11-14(12,13)8(3)7-10/h8,11H,5-6H2,1-4H3. The average Bonchev–Trinajstić information content (AvgIpc) is 2.15. The van der Waals surface area contributed by atoms with Crippen molar-refractivity contribution in [3.63, 3.8) is 0 Å². The molecule has 0 bridgehead atoms. The number of rotatable bonds is 5. The molecule has 4 nitrogen and oxygen atoms in total. The van der Waals surface area contributed by atoms with E-state index in [4.69, 9.17) is 5.26 Å². The van der Waals surface area contributed by atoms with E-state index >= 15 is 0 Å². The number of nitrogens with zero attached hydrogens (tertiary/aromatic N) is 1. The third-order valence-corrected chi connectivity index (χ3v) is 4.41. The molecule has 0 aromatic carbocycles. The number of hydrogen-bond donors (Lipinski definition) is 1. The van der Waals surface area contributed by atoms with E-state index in [2.05, 4.69) is 4.72 Å². The normalized spacial score (nSPS) is 14.8. The fourth-order valence-electron chi connectivity index (χ4n) is 0.896. The molecule has 1 unspecified atom stereocenters. The van der Waals surface area contributed by atoms with Gasteiger partial charge in [-0.2, -0.15) is 5.26 Å². The van der Waals surface area contributed by atoms with Gasteiger partial charge < -0.3 is 0 Å². The summed E-state index contributed by atoms with van der Waals surface area (Å²) in [6, 6.07) is 1.73. The summed E-state index contributed by atoms with van der Waals surface area (Å²) in [5.41, 5.74) is -0.441. The molecule has 0 radical (unpaired) electrons. The van der Waals surface area contributed by atoms with Crippen molar-refractivity contribution < 1.29 is 8.42 Å². The Morgan fingerprint density at radius 3 is 2.14 bits per heavy atom. The van der Waals surface area contributed by atoms with Crippen molar-refractivity contribution in [1.82, 2.24) is 4.72 Å². The van der Waals surface area contributed by atoms with Crippen molar-refractivity contribution in [3.05, 3.63) is 0 Å². The van der Waals surface area contributed by atoms with Crippen molar-refractivity contribution >= 4 is 10.0 Å². The Kier molecular flexibility index (Phi) is 4.56. The Morgan fingerprint density at radius 2 is 1.86 bits per heavy atom. The Bertz CT molecular complexity index is 312. The molecule has 0 aliphatic rings. The Hall–Kier alpha value is -0.600. The molecule has 0 rings (SSSR count). The van der Waals surface area contributed by atoms with Crippen LogP contribution in [0.5, 0.6) is 0 Å². The minimum absolute atomic E-state index is 0.441. The van der Waals surface area contributed by atoms with Gasteiger partial charge in [-0.1, -0.05) is 13.8 Å². The quantitative estimate of drug-likeness (QED) is 0.758. The minimum atomic E-state index is -3.50. The molecule has 0 spiro atoms. The molecular weight excluding hydrogens is 200 g/mol. The molecule has 0 amide bonds. The van der Waals surface area contributed by atoms with E-state index in [0.29, 0.717) is 12.8 Å². The predicted molar refractivity (Wildman–Crippen MR) is 56.1 cm³/mol. The fraction of sp³-hybridized carbons (Fsp3) is 0.889. The topological polar surface area (TPSA) is 70.0 Å². The second kappa shape index (κ2) is 4.76. The predicted octanol–water partition coefficient (Wildman–Crippen LogP) is 1.40. The maximum atomic E-state index is 11.6. The average molecular weight is 218 g/mol. The highest BCUT2D eigenvalue weighted by Crippen LogP contribution is 2.16. The maximum absolute atomic E-state index is 11.6. The van der Waals surface area contributed by atoms with Crippen molar-refractivity contribution in [2.45, 2.75) is 51.3 Å². The molecule has 82 valence electrons. The van der Waals surface area contributed by atoms with Crippen LogP contribution in [0.1, 0.15) is 40.5 Å². The van der Waals surface area contributed by atoms with Crippen LogP contribution < -0.4 is 4.72 Å². The molecule has 0 aromatic rings. The van der Waals surface area contributed by atoms with Crippen LogP contribution in [0.25, 0.3) is 0 Å². The molecule has 0 aliphatic heterocycles. The molecule has 1 N–H and O–H groups in total. The van der Waals surface area contributed by atoms with Gasteiger partial charge in [0.15, 0.2) is 5.25 Å². The lowest BCUT2D eigenvalue weighted by Gasteiger charge is -2.28. The molecule has 1 atom stereocenters. The van der Waals surface area contributed by atoms with Gasteiger partial charge in [0, 0.05) is 5.54 Å². The van der Waals surface area contributed by atoms with Crippen LogP contribution >= 0.6 is 0 Å². The van der Waals surface area contributed by atoms with Gasteiger partial charge in [-0.15, -0.1) is 0 Å². The molecule has 0 aromatic heterocycles. The summed E-state index contributed by atoms with van der Waals surface area (Å²) in [5.74, 6) is 0. The van der Waals surface area contributed by atoms with E-state index in [1.54, 1.807) is 6.07 Å². The van der Waals surface area contributed by atoms with Crippen molar-refractivity contribution in [2.24, 2.45) is 0 Å². The summed E-state index contributed by atoms with van der Waals surface area (Å²) in [7, 11) is -3.50. The highest BCUT2D eigenvalue weighted by atomic mass is 32.2. The highest BCUT2D eigenvalue weighted by Gasteiger charge is 2.29. The summed E-state index contributed by atoms with van der Waals surface area (Å²) < 4.78 is 25.7. The van der Waals surface area contributed by atoms with Gasteiger partial charge in [0.25, 0.3) is 0 Å². The van der Waals surface area contributed by atoms with E-state index < -0.39 is 20.8 Å². The van der Waals surface area contributed by atoms with Gasteiger partial charge in [0.05, 0.1) is 6.07 Å². The zero-order valence-electron chi connectivity index (χ0n) is 9.16. The summed E-state index contributed by atoms with van der Waals surface area (Å²) in [6.45, 7) is 7.06. The number of nitrogens with one attached hydrogen (secondary N) is 1. The summed E-state index contributed by atoms with van der Waals surface area (Å²) >= 11 is 0. The minimum Gasteiger partial charge on any atom is -0.211 e. The summed E-state index contributed by atoms with van der Waals surface area (Å²) in [4.78, 5) is 0. The lowest BCUT2D eigenvalue weighted by atomic mass is 9.98. The molecule has 5 heteroatoms. The smallest absolute Gasteiger partial charge is 0.211 e. The Labute approximate surface area is 86.4 Å². The van der Waals surface area contributed by atoms with Crippen LogP contribution in [0.2, 0.25) is 0 Å². The number of sulfonamides is 1. The van der Waals surface area contributed by atoms with E-state index in [1.807, 2.05) is 20.8 Å². The van der Waals surface area contributed by atoms with Gasteiger partial charge in [-0.25, -0.2) is 13.1 Å². The zero-order valence-corrected chi connectivity index (χ0v) is 9.98. The van der Waals surface area contributed by atoms with E-state index in [9.17, 15) is 8.42 Å². The Balaban J connectivity index is 4.76. The van der Waals surface area contributed by atoms with E-state index in [-0.39, 0.29) is 0 Å². The second-order valence-corrected chi connectivity index (χ2v) is 5.69. The van der Waals surface area contributed by atoms with Gasteiger partial charge >= 0.3 is 0 Å². The SMILES string of the molecule is CCC(C)(CC)NS(=O)(=O)C(C)C#N. The van der Waals surface area contributed by atoms with Gasteiger partial charge in [-0.05, 0) is 26.7 Å². The lowest BCUT2D eigenvalue weighted by molar-refractivity contribution is 0.388. The first-order chi connectivity index (χ1) is 6.31. The zero-order chi connectivity index (χ0) is 11.4. The van der Waals surface area contributed by atoms with Crippen LogP contribution in [-0.4, -0.2) is 19.2 Å². The third-order valence-electron chi connectivity index (χ3n) is 2.60. The first-order valence-corrected chi connectivity index (χ1v) is 6.28. The maximum Gasteiger partial charge on any atom is 0.228 e. The van der Waals surface area contributed by atoms with Crippen LogP contribution in [0, 0.1) is 11.3 Å². The summed E-state index contributed by atoms with van der Waals surface area (Å²) in [5, 5.41) is 7.54. The van der Waals surface area contributed by atoms with Gasteiger partial charge in [-0.3, -0.25) is 0 Å². The third kappa shape index (κ3) is 3.28. The summed E-state index contributed by atoms with van der Waals surface area (Å²) in [6.07, 6.45) is 1.42. The first kappa shape index (κ1) is 13.4. The molecule has 0 fully saturated rings. The van der Waals surface area contributed by atoms with Crippen LogP contribution in [0.3, 0.4) is 0 Å². The lowest BCUT2D eigenvalue weighted by Crippen LogP contribution is -2.47. The molecule has 0 saturated carbocycles. The number of hydrogen-bond acceptors (Lipinski definition) is 3. The molecule has 0 saturated heterocycles. The fourth-order valence-corrected chi connectivity index (χ4v) is 2.19. The van der Waals surface area contributed by atoms with Crippen LogP contribution in [-0.2, 0) is 10.0 Å². The van der Waals surface area contributed by atoms with Crippen molar-refractivity contribution in [1.29, 1.82) is 5.26 Å². The van der Waals surface area contributed by atoms with E-state index in [0.717, 1.165) is 0 Å². The van der Waals surface area contributed by atoms with Gasteiger partial charge in [0.1, 0.15) is 0 Å². The number of nitriles is 1. The largest absolute Gasteiger partial charge is 0.228 e. The van der Waals surface area contributed by atoms with Crippen LogP contribution in [0.4, 0.5) is 0 Å². The van der Waals surface area contributed by atoms with Crippen LogP contribution in [0.15, 0.2) is 0 Å². The molecule has 0 heterocycles. The second-order valence-electron chi connectivity index (χ2n) is 3.69.